The SMILES string of the molecule is Nc1cccc(CN(C2CC2)S(=O)(=O)c2ccccc2)c1. The molecule has 0 spiro atoms. The molecule has 1 aliphatic carbocycles. The quantitative estimate of drug-likeness (QED) is 0.864. The second kappa shape index (κ2) is 5.50. The van der Waals surface area contributed by atoms with Crippen molar-refractivity contribution in [3.63, 3.8) is 0 Å². The Morgan fingerprint density at radius 3 is 2.38 bits per heavy atom. The molecule has 2 aromatic rings. The van der Waals surface area contributed by atoms with Gasteiger partial charge < -0.3 is 5.73 Å². The number of anilines is 1. The van der Waals surface area contributed by atoms with E-state index in [9.17, 15) is 8.42 Å². The average molecular weight is 302 g/mol. The van der Waals surface area contributed by atoms with E-state index < -0.39 is 10.0 Å². The maximum absolute atomic E-state index is 12.8. The fourth-order valence-electron chi connectivity index (χ4n) is 2.37. The van der Waals surface area contributed by atoms with Gasteiger partial charge in [-0.25, -0.2) is 8.42 Å². The third-order valence-electron chi connectivity index (χ3n) is 3.59. The second-order valence-electron chi connectivity index (χ2n) is 5.34. The largest absolute Gasteiger partial charge is 0.399 e. The van der Waals surface area contributed by atoms with Crippen LogP contribution < -0.4 is 5.73 Å². The summed E-state index contributed by atoms with van der Waals surface area (Å²) < 4.78 is 27.2. The van der Waals surface area contributed by atoms with E-state index in [2.05, 4.69) is 0 Å². The molecule has 2 aromatic carbocycles. The maximum atomic E-state index is 12.8. The predicted molar refractivity (Wildman–Crippen MR) is 83.0 cm³/mol. The van der Waals surface area contributed by atoms with E-state index in [0.29, 0.717) is 17.1 Å². The Balaban J connectivity index is 1.92. The number of benzene rings is 2. The molecule has 5 heteroatoms. The van der Waals surface area contributed by atoms with Crippen molar-refractivity contribution in [1.29, 1.82) is 0 Å². The fraction of sp³-hybridized carbons (Fsp3) is 0.250. The van der Waals surface area contributed by atoms with Gasteiger partial charge in [0.25, 0.3) is 0 Å². The Morgan fingerprint density at radius 1 is 1.05 bits per heavy atom. The van der Waals surface area contributed by atoms with Crippen LogP contribution in [0.2, 0.25) is 0 Å². The van der Waals surface area contributed by atoms with Crippen LogP contribution in [0, 0.1) is 0 Å². The molecule has 0 radical (unpaired) electrons. The summed E-state index contributed by atoms with van der Waals surface area (Å²) in [7, 11) is -3.46. The third kappa shape index (κ3) is 3.09. The molecular formula is C16H18N2O2S. The molecule has 0 heterocycles. The molecule has 0 atom stereocenters. The number of sulfonamides is 1. The lowest BCUT2D eigenvalue weighted by atomic mass is 10.2. The number of hydrogen-bond donors (Lipinski definition) is 1. The summed E-state index contributed by atoms with van der Waals surface area (Å²) in [6.07, 6.45) is 1.85. The molecule has 0 bridgehead atoms. The number of hydrogen-bond acceptors (Lipinski definition) is 3. The first kappa shape index (κ1) is 14.1. The van der Waals surface area contributed by atoms with E-state index in [1.165, 1.54) is 0 Å². The molecule has 4 nitrogen and oxygen atoms in total. The molecule has 0 amide bonds. The van der Waals surface area contributed by atoms with E-state index >= 15 is 0 Å². The topological polar surface area (TPSA) is 63.4 Å². The van der Waals surface area contributed by atoms with E-state index in [0.717, 1.165) is 18.4 Å². The zero-order valence-corrected chi connectivity index (χ0v) is 12.5. The highest BCUT2D eigenvalue weighted by molar-refractivity contribution is 7.89. The van der Waals surface area contributed by atoms with Crippen molar-refractivity contribution in [3.8, 4) is 0 Å². The van der Waals surface area contributed by atoms with E-state index in [4.69, 9.17) is 5.73 Å². The summed E-state index contributed by atoms with van der Waals surface area (Å²) >= 11 is 0. The molecule has 3 rings (SSSR count). The molecule has 1 saturated carbocycles. The van der Waals surface area contributed by atoms with Gasteiger partial charge in [-0.1, -0.05) is 30.3 Å². The van der Waals surface area contributed by atoms with Crippen LogP contribution in [0.25, 0.3) is 0 Å². The summed E-state index contributed by atoms with van der Waals surface area (Å²) in [4.78, 5) is 0.348. The Morgan fingerprint density at radius 2 is 1.76 bits per heavy atom. The lowest BCUT2D eigenvalue weighted by molar-refractivity contribution is 0.398. The minimum atomic E-state index is -3.46. The first-order chi connectivity index (χ1) is 10.1. The van der Waals surface area contributed by atoms with Gasteiger partial charge in [0.15, 0.2) is 0 Å². The molecule has 1 fully saturated rings. The van der Waals surface area contributed by atoms with Gasteiger partial charge in [-0.05, 0) is 42.7 Å². The van der Waals surface area contributed by atoms with Gasteiger partial charge in [0.05, 0.1) is 4.90 Å². The molecule has 0 unspecified atom stereocenters. The normalized spacial score (nSPS) is 15.3. The van der Waals surface area contributed by atoms with Gasteiger partial charge in [-0.15, -0.1) is 0 Å². The number of nitrogens with zero attached hydrogens (tertiary/aromatic N) is 1. The standard InChI is InChI=1S/C16H18N2O2S/c17-14-6-4-5-13(11-14)12-18(15-9-10-15)21(19,20)16-7-2-1-3-8-16/h1-8,11,15H,9-10,12,17H2. The van der Waals surface area contributed by atoms with Crippen LogP contribution in [0.5, 0.6) is 0 Å². The molecule has 0 aliphatic heterocycles. The number of nitrogen functional groups attached to an aromatic ring is 1. The first-order valence-corrected chi connectivity index (χ1v) is 8.43. The fourth-order valence-corrected chi connectivity index (χ4v) is 4.07. The molecule has 0 aromatic heterocycles. The van der Waals surface area contributed by atoms with Gasteiger partial charge >= 0.3 is 0 Å². The van der Waals surface area contributed by atoms with Crippen molar-refractivity contribution >= 4 is 15.7 Å². The second-order valence-corrected chi connectivity index (χ2v) is 7.23. The third-order valence-corrected chi connectivity index (χ3v) is 5.51. The highest BCUT2D eigenvalue weighted by Crippen LogP contribution is 2.33. The summed E-state index contributed by atoms with van der Waals surface area (Å²) in [5.74, 6) is 0. The van der Waals surface area contributed by atoms with Crippen molar-refractivity contribution < 1.29 is 8.42 Å². The van der Waals surface area contributed by atoms with Crippen molar-refractivity contribution in [2.75, 3.05) is 5.73 Å². The first-order valence-electron chi connectivity index (χ1n) is 6.99. The summed E-state index contributed by atoms with van der Waals surface area (Å²) in [5.41, 5.74) is 7.35. The molecular weight excluding hydrogens is 284 g/mol. The zero-order valence-electron chi connectivity index (χ0n) is 11.6. The minimum Gasteiger partial charge on any atom is -0.399 e. The van der Waals surface area contributed by atoms with Crippen LogP contribution in [-0.2, 0) is 16.6 Å². The molecule has 0 saturated heterocycles. The van der Waals surface area contributed by atoms with Crippen LogP contribution >= 0.6 is 0 Å². The zero-order chi connectivity index (χ0) is 14.9. The molecule has 21 heavy (non-hydrogen) atoms. The van der Waals surface area contributed by atoms with Crippen LogP contribution in [0.15, 0.2) is 59.5 Å². The minimum absolute atomic E-state index is 0.108. The molecule has 1 aliphatic rings. The Hall–Kier alpha value is -1.85. The van der Waals surface area contributed by atoms with Gasteiger partial charge in [0, 0.05) is 18.3 Å². The van der Waals surface area contributed by atoms with Crippen LogP contribution in [0.3, 0.4) is 0 Å². The predicted octanol–water partition coefficient (Wildman–Crippen LogP) is 2.62. The van der Waals surface area contributed by atoms with Crippen molar-refractivity contribution in [3.05, 3.63) is 60.2 Å². The van der Waals surface area contributed by atoms with Crippen LogP contribution in [0.4, 0.5) is 5.69 Å². The summed E-state index contributed by atoms with van der Waals surface area (Å²) in [6, 6.07) is 16.1. The van der Waals surface area contributed by atoms with Crippen LogP contribution in [-0.4, -0.2) is 18.8 Å². The molecule has 2 N–H and O–H groups in total. The van der Waals surface area contributed by atoms with Gasteiger partial charge in [-0.2, -0.15) is 4.31 Å². The van der Waals surface area contributed by atoms with Gasteiger partial charge in [0.1, 0.15) is 0 Å². The van der Waals surface area contributed by atoms with Gasteiger partial charge in [-0.3, -0.25) is 0 Å². The average Bonchev–Trinajstić information content (AvgIpc) is 3.30. The van der Waals surface area contributed by atoms with E-state index in [1.54, 1.807) is 34.6 Å². The van der Waals surface area contributed by atoms with Crippen molar-refractivity contribution in [2.45, 2.75) is 30.3 Å². The van der Waals surface area contributed by atoms with E-state index in [-0.39, 0.29) is 6.04 Å². The lowest BCUT2D eigenvalue weighted by Gasteiger charge is -2.22. The van der Waals surface area contributed by atoms with Crippen LogP contribution in [0.1, 0.15) is 18.4 Å². The Kier molecular flexibility index (Phi) is 3.69. The summed E-state index contributed by atoms with van der Waals surface area (Å²) in [5, 5.41) is 0. The number of rotatable bonds is 5. The van der Waals surface area contributed by atoms with Crippen molar-refractivity contribution in [2.24, 2.45) is 0 Å². The maximum Gasteiger partial charge on any atom is 0.243 e. The smallest absolute Gasteiger partial charge is 0.243 e. The highest BCUT2D eigenvalue weighted by Gasteiger charge is 2.37. The number of nitrogens with two attached hydrogens (primary N) is 1. The summed E-state index contributed by atoms with van der Waals surface area (Å²) in [6.45, 7) is 0.368. The van der Waals surface area contributed by atoms with Crippen molar-refractivity contribution in [1.82, 2.24) is 4.31 Å². The monoisotopic (exact) mass is 302 g/mol. The lowest BCUT2D eigenvalue weighted by Crippen LogP contribution is -2.32. The van der Waals surface area contributed by atoms with E-state index in [1.807, 2.05) is 24.3 Å². The Bertz CT molecular complexity index is 725. The Labute approximate surface area is 125 Å². The van der Waals surface area contributed by atoms with Gasteiger partial charge in [0.2, 0.25) is 10.0 Å². The highest BCUT2D eigenvalue weighted by atomic mass is 32.2. The molecule has 110 valence electrons.